The summed E-state index contributed by atoms with van der Waals surface area (Å²) in [5.41, 5.74) is 0. The Hall–Kier alpha value is -1.51. The van der Waals surface area contributed by atoms with Gasteiger partial charge >= 0.3 is 0 Å². The number of rotatable bonds is 6. The number of nitrogens with zero attached hydrogens (tertiary/aromatic N) is 4. The Kier molecular flexibility index (Phi) is 9.71. The second kappa shape index (κ2) is 11.8. The number of amides is 1. The summed E-state index contributed by atoms with van der Waals surface area (Å²) < 4.78 is 32.4. The summed E-state index contributed by atoms with van der Waals surface area (Å²) in [5, 5.41) is 3.17. The fourth-order valence-corrected chi connectivity index (χ4v) is 4.39. The van der Waals surface area contributed by atoms with Gasteiger partial charge in [0.05, 0.1) is 0 Å². The molecule has 2 aliphatic heterocycles. The summed E-state index contributed by atoms with van der Waals surface area (Å²) in [6.45, 7) is 3.84. The van der Waals surface area contributed by atoms with E-state index in [9.17, 15) is 13.2 Å². The number of ether oxygens (including phenoxy) is 1. The molecule has 2 N–H and O–H groups in total. The molecule has 0 aromatic carbocycles. The van der Waals surface area contributed by atoms with Crippen molar-refractivity contribution >= 4 is 45.9 Å². The Morgan fingerprint density at radius 3 is 2.60 bits per heavy atom. The maximum atomic E-state index is 12.4. The van der Waals surface area contributed by atoms with Crippen LogP contribution in [0.1, 0.15) is 12.8 Å². The number of guanidine groups is 1. The number of carbonyl (C=O) groups is 1. The number of sulfonamides is 1. The van der Waals surface area contributed by atoms with Crippen molar-refractivity contribution in [3.8, 4) is 0 Å². The van der Waals surface area contributed by atoms with Crippen molar-refractivity contribution in [1.29, 1.82) is 0 Å². The van der Waals surface area contributed by atoms with E-state index in [1.807, 2.05) is 4.90 Å². The number of aliphatic imine (C=N–C) groups is 1. The number of carbonyl (C=O) groups excluding carboxylic acids is 1. The molecule has 1 amide bonds. The normalized spacial score (nSPS) is 20.0. The quantitative estimate of drug-likeness (QED) is 0.219. The predicted octanol–water partition coefficient (Wildman–Crippen LogP) is -0.123. The molecule has 1 aromatic heterocycles. The Labute approximate surface area is 194 Å². The summed E-state index contributed by atoms with van der Waals surface area (Å²) in [6.07, 6.45) is 4.30. The summed E-state index contributed by atoms with van der Waals surface area (Å²) in [5.74, 6) is 0.768. The van der Waals surface area contributed by atoms with E-state index >= 15 is 0 Å². The highest BCUT2D eigenvalue weighted by Crippen LogP contribution is 2.16. The van der Waals surface area contributed by atoms with Crippen LogP contribution in [0.2, 0.25) is 0 Å². The van der Waals surface area contributed by atoms with Gasteiger partial charge in [-0.25, -0.2) is 13.1 Å². The molecule has 10 nitrogen and oxygen atoms in total. The van der Waals surface area contributed by atoms with Crippen molar-refractivity contribution < 1.29 is 17.9 Å². The van der Waals surface area contributed by atoms with E-state index in [2.05, 4.69) is 24.9 Å². The monoisotopic (exact) mass is 552 g/mol. The lowest BCUT2D eigenvalue weighted by Gasteiger charge is -2.37. The Morgan fingerprint density at radius 2 is 2.00 bits per heavy atom. The number of hydrogen-bond acceptors (Lipinski definition) is 6. The molecule has 2 saturated heterocycles. The fraction of sp³-hybridized carbons (Fsp3) is 0.611. The van der Waals surface area contributed by atoms with Gasteiger partial charge in [0.25, 0.3) is 5.91 Å². The van der Waals surface area contributed by atoms with Crippen LogP contribution in [0.15, 0.2) is 34.4 Å². The second-order valence-electron chi connectivity index (χ2n) is 6.87. The van der Waals surface area contributed by atoms with E-state index in [0.717, 1.165) is 12.8 Å². The van der Waals surface area contributed by atoms with Gasteiger partial charge in [-0.1, -0.05) is 0 Å². The van der Waals surface area contributed by atoms with Crippen molar-refractivity contribution in [3.63, 3.8) is 0 Å². The molecule has 0 aliphatic carbocycles. The van der Waals surface area contributed by atoms with Crippen LogP contribution < -0.4 is 10.0 Å². The molecule has 0 saturated carbocycles. The molecule has 1 atom stereocenters. The third kappa shape index (κ3) is 6.49. The van der Waals surface area contributed by atoms with Gasteiger partial charge in [-0.2, -0.15) is 0 Å². The highest BCUT2D eigenvalue weighted by molar-refractivity contribution is 14.0. The number of nitrogens with one attached hydrogen (secondary N) is 2. The van der Waals surface area contributed by atoms with E-state index < -0.39 is 10.0 Å². The second-order valence-corrected chi connectivity index (χ2v) is 8.64. The van der Waals surface area contributed by atoms with Gasteiger partial charge in [-0.15, -0.1) is 24.0 Å². The van der Waals surface area contributed by atoms with Crippen molar-refractivity contribution in [3.05, 3.63) is 24.5 Å². The Morgan fingerprint density at radius 1 is 1.27 bits per heavy atom. The molecule has 2 fully saturated rings. The standard InChI is InChI=1S/C18H28N6O4S.HI/c1-19-18(21-7-8-22-29(26,27)15-4-2-6-20-14-15)24-11-9-23(10-12-24)17(25)16-5-3-13-28-16;/h2,4,6,14,16,22H,3,5,7-13H2,1H3,(H,19,21);1H. The van der Waals surface area contributed by atoms with Crippen molar-refractivity contribution in [1.82, 2.24) is 24.8 Å². The lowest BCUT2D eigenvalue weighted by molar-refractivity contribution is -0.142. The van der Waals surface area contributed by atoms with Gasteiger partial charge < -0.3 is 19.9 Å². The largest absolute Gasteiger partial charge is 0.368 e. The van der Waals surface area contributed by atoms with E-state index in [4.69, 9.17) is 4.74 Å². The topological polar surface area (TPSA) is 116 Å². The third-order valence-electron chi connectivity index (χ3n) is 4.95. The minimum atomic E-state index is -3.58. The van der Waals surface area contributed by atoms with Crippen LogP contribution in [0.5, 0.6) is 0 Å². The molecule has 1 unspecified atom stereocenters. The number of halogens is 1. The molecular weight excluding hydrogens is 523 g/mol. The minimum Gasteiger partial charge on any atom is -0.368 e. The Balaban J connectivity index is 0.00000320. The van der Waals surface area contributed by atoms with Gasteiger partial charge in [0, 0.05) is 65.3 Å². The number of pyridine rings is 1. The first kappa shape index (κ1) is 24.8. The van der Waals surface area contributed by atoms with Crippen LogP contribution in [0.4, 0.5) is 0 Å². The van der Waals surface area contributed by atoms with E-state index in [-0.39, 0.29) is 47.4 Å². The Bertz CT molecular complexity index is 809. The van der Waals surface area contributed by atoms with Crippen LogP contribution in [0.3, 0.4) is 0 Å². The predicted molar refractivity (Wildman–Crippen MR) is 123 cm³/mol. The van der Waals surface area contributed by atoms with Crippen LogP contribution in [-0.4, -0.2) is 94.1 Å². The number of piperazine rings is 1. The third-order valence-corrected chi connectivity index (χ3v) is 6.40. The molecular formula is C18H29IN6O4S. The first-order chi connectivity index (χ1) is 14.0. The minimum absolute atomic E-state index is 0. The number of hydrogen-bond donors (Lipinski definition) is 2. The molecule has 3 rings (SSSR count). The SMILES string of the molecule is CN=C(NCCNS(=O)(=O)c1cccnc1)N1CCN(C(=O)C2CCCO2)CC1.I. The zero-order valence-corrected chi connectivity index (χ0v) is 20.1. The lowest BCUT2D eigenvalue weighted by atomic mass is 10.2. The molecule has 0 bridgehead atoms. The highest BCUT2D eigenvalue weighted by atomic mass is 127. The molecule has 2 aliphatic rings. The zero-order valence-electron chi connectivity index (χ0n) is 17.0. The smallest absolute Gasteiger partial charge is 0.251 e. The van der Waals surface area contributed by atoms with Crippen molar-refractivity contribution in [2.75, 3.05) is 52.9 Å². The number of aromatic nitrogens is 1. The van der Waals surface area contributed by atoms with E-state index in [1.54, 1.807) is 13.1 Å². The van der Waals surface area contributed by atoms with E-state index in [1.165, 1.54) is 18.5 Å². The summed E-state index contributed by atoms with van der Waals surface area (Å²) in [4.78, 5) is 24.6. The summed E-state index contributed by atoms with van der Waals surface area (Å²) in [6, 6.07) is 3.08. The molecule has 3 heterocycles. The van der Waals surface area contributed by atoms with Gasteiger partial charge in [-0.05, 0) is 25.0 Å². The highest BCUT2D eigenvalue weighted by Gasteiger charge is 2.30. The summed E-state index contributed by atoms with van der Waals surface area (Å²) in [7, 11) is -1.89. The maximum absolute atomic E-state index is 12.4. The van der Waals surface area contributed by atoms with Crippen LogP contribution in [0, 0.1) is 0 Å². The summed E-state index contributed by atoms with van der Waals surface area (Å²) >= 11 is 0. The van der Waals surface area contributed by atoms with Gasteiger partial charge in [0.15, 0.2) is 5.96 Å². The molecule has 0 radical (unpaired) electrons. The molecule has 168 valence electrons. The molecule has 12 heteroatoms. The molecule has 30 heavy (non-hydrogen) atoms. The van der Waals surface area contributed by atoms with Crippen LogP contribution in [-0.2, 0) is 19.6 Å². The first-order valence-corrected chi connectivity index (χ1v) is 11.3. The van der Waals surface area contributed by atoms with Crippen molar-refractivity contribution in [2.45, 2.75) is 23.8 Å². The first-order valence-electron chi connectivity index (χ1n) is 9.77. The van der Waals surface area contributed by atoms with Gasteiger partial charge in [0.1, 0.15) is 11.0 Å². The van der Waals surface area contributed by atoms with Gasteiger partial charge in [0.2, 0.25) is 10.0 Å². The van der Waals surface area contributed by atoms with E-state index in [0.29, 0.717) is 45.3 Å². The van der Waals surface area contributed by atoms with Crippen LogP contribution in [0.25, 0.3) is 0 Å². The average Bonchev–Trinajstić information content (AvgIpc) is 3.29. The lowest BCUT2D eigenvalue weighted by Crippen LogP contribution is -2.55. The van der Waals surface area contributed by atoms with Crippen LogP contribution >= 0.6 is 24.0 Å². The zero-order chi connectivity index (χ0) is 20.7. The molecule has 1 aromatic rings. The maximum Gasteiger partial charge on any atom is 0.251 e. The fourth-order valence-electron chi connectivity index (χ4n) is 3.40. The van der Waals surface area contributed by atoms with Crippen molar-refractivity contribution in [2.24, 2.45) is 4.99 Å². The molecule has 0 spiro atoms. The van der Waals surface area contributed by atoms with Gasteiger partial charge in [-0.3, -0.25) is 14.8 Å². The average molecular weight is 552 g/mol.